The summed E-state index contributed by atoms with van der Waals surface area (Å²) in [6.07, 6.45) is 1.45. The van der Waals surface area contributed by atoms with E-state index in [4.69, 9.17) is 0 Å². The fourth-order valence-corrected chi connectivity index (χ4v) is 4.03. The zero-order chi connectivity index (χ0) is 16.7. The molecule has 2 aliphatic rings. The quantitative estimate of drug-likeness (QED) is 0.881. The molecule has 1 aromatic rings. The van der Waals surface area contributed by atoms with Crippen LogP contribution >= 0.6 is 0 Å². The zero-order valence-corrected chi connectivity index (χ0v) is 14.5. The number of amides is 1. The second-order valence-corrected chi connectivity index (χ2v) is 7.66. The molecule has 1 saturated carbocycles. The first-order chi connectivity index (χ1) is 10.9. The molecule has 0 aromatic carbocycles. The maximum atomic E-state index is 12.7. The van der Waals surface area contributed by atoms with Crippen LogP contribution in [0.1, 0.15) is 48.8 Å². The Labute approximate surface area is 137 Å². The maximum absolute atomic E-state index is 12.7. The largest absolute Gasteiger partial charge is 0.391 e. The summed E-state index contributed by atoms with van der Waals surface area (Å²) < 4.78 is 0. The van der Waals surface area contributed by atoms with E-state index in [0.29, 0.717) is 23.4 Å². The molecule has 23 heavy (non-hydrogen) atoms. The molecular formula is C17H28N4O2. The second-order valence-electron chi connectivity index (χ2n) is 7.66. The Bertz CT molecular complexity index is 569. The van der Waals surface area contributed by atoms with E-state index in [9.17, 15) is 9.90 Å². The summed E-state index contributed by atoms with van der Waals surface area (Å²) in [5.41, 5.74) is 1.50. The van der Waals surface area contributed by atoms with Crippen LogP contribution in [-0.4, -0.2) is 70.3 Å². The van der Waals surface area contributed by atoms with Gasteiger partial charge in [0.05, 0.1) is 6.10 Å². The molecule has 6 nitrogen and oxygen atoms in total. The standard InChI is InChI=1S/C17H28N4O2/c1-10(2)13-7-14(19-18-13)17(23)21-8-11-5-15(20(3)4)16(22)6-12(11)9-21/h7,10-12,15-16,22H,5-6,8-9H2,1-4H3,(H,18,19)/t11-,12+,15-,16-/m1/s1. The van der Waals surface area contributed by atoms with Crippen molar-refractivity contribution in [3.8, 4) is 0 Å². The van der Waals surface area contributed by atoms with Crippen molar-refractivity contribution >= 4 is 5.91 Å². The number of aliphatic hydroxyl groups is 1. The number of likely N-dealkylation sites (tertiary alicyclic amines) is 1. The Morgan fingerprint density at radius 1 is 1.35 bits per heavy atom. The molecule has 1 amide bonds. The highest BCUT2D eigenvalue weighted by atomic mass is 16.3. The molecule has 0 radical (unpaired) electrons. The molecule has 2 fully saturated rings. The lowest BCUT2D eigenvalue weighted by atomic mass is 9.77. The van der Waals surface area contributed by atoms with Crippen LogP contribution in [0, 0.1) is 11.8 Å². The van der Waals surface area contributed by atoms with Gasteiger partial charge in [-0.25, -0.2) is 0 Å². The minimum absolute atomic E-state index is 0.0124. The average Bonchev–Trinajstić information content (AvgIpc) is 3.11. The van der Waals surface area contributed by atoms with Crippen molar-refractivity contribution in [3.63, 3.8) is 0 Å². The summed E-state index contributed by atoms with van der Waals surface area (Å²) >= 11 is 0. The van der Waals surface area contributed by atoms with Crippen molar-refractivity contribution in [2.24, 2.45) is 11.8 Å². The monoisotopic (exact) mass is 320 g/mol. The highest BCUT2D eigenvalue weighted by molar-refractivity contribution is 5.92. The van der Waals surface area contributed by atoms with Gasteiger partial charge in [0, 0.05) is 24.8 Å². The van der Waals surface area contributed by atoms with E-state index in [-0.39, 0.29) is 18.1 Å². The van der Waals surface area contributed by atoms with E-state index in [1.807, 2.05) is 25.1 Å². The lowest BCUT2D eigenvalue weighted by Gasteiger charge is -2.38. The molecule has 1 aliphatic heterocycles. The van der Waals surface area contributed by atoms with Gasteiger partial charge in [0.2, 0.25) is 0 Å². The van der Waals surface area contributed by atoms with Gasteiger partial charge < -0.3 is 14.9 Å². The molecule has 1 aliphatic carbocycles. The van der Waals surface area contributed by atoms with Gasteiger partial charge in [0.1, 0.15) is 5.69 Å². The number of H-pyrrole nitrogens is 1. The summed E-state index contributed by atoms with van der Waals surface area (Å²) in [6, 6.07) is 2.07. The first-order valence-corrected chi connectivity index (χ1v) is 8.56. The molecule has 1 saturated heterocycles. The van der Waals surface area contributed by atoms with Gasteiger partial charge in [-0.15, -0.1) is 0 Å². The minimum Gasteiger partial charge on any atom is -0.391 e. The van der Waals surface area contributed by atoms with E-state index in [1.165, 1.54) is 0 Å². The van der Waals surface area contributed by atoms with E-state index in [0.717, 1.165) is 31.6 Å². The summed E-state index contributed by atoms with van der Waals surface area (Å²) in [5, 5.41) is 17.5. The number of nitrogens with zero attached hydrogens (tertiary/aromatic N) is 3. The summed E-state index contributed by atoms with van der Waals surface area (Å²) in [4.78, 5) is 16.7. The number of aromatic amines is 1. The maximum Gasteiger partial charge on any atom is 0.274 e. The van der Waals surface area contributed by atoms with Gasteiger partial charge in [-0.05, 0) is 50.8 Å². The Morgan fingerprint density at radius 3 is 2.57 bits per heavy atom. The number of aliphatic hydroxyl groups excluding tert-OH is 1. The molecular weight excluding hydrogens is 292 g/mol. The number of carbonyl (C=O) groups excluding carboxylic acids is 1. The fraction of sp³-hybridized carbons (Fsp3) is 0.765. The predicted molar refractivity (Wildman–Crippen MR) is 88.3 cm³/mol. The van der Waals surface area contributed by atoms with Crippen LogP contribution in [0.3, 0.4) is 0 Å². The minimum atomic E-state index is -0.292. The van der Waals surface area contributed by atoms with Crippen molar-refractivity contribution in [2.75, 3.05) is 27.2 Å². The van der Waals surface area contributed by atoms with Gasteiger partial charge in [-0.1, -0.05) is 13.8 Å². The fourth-order valence-electron chi connectivity index (χ4n) is 4.03. The molecule has 128 valence electrons. The van der Waals surface area contributed by atoms with Gasteiger partial charge in [0.15, 0.2) is 0 Å². The topological polar surface area (TPSA) is 72.5 Å². The highest BCUT2D eigenvalue weighted by Gasteiger charge is 2.43. The molecule has 6 heteroatoms. The highest BCUT2D eigenvalue weighted by Crippen LogP contribution is 2.38. The Balaban J connectivity index is 1.68. The van der Waals surface area contributed by atoms with Crippen LogP contribution < -0.4 is 0 Å². The molecule has 2 N–H and O–H groups in total. The molecule has 0 bridgehead atoms. The van der Waals surface area contributed by atoms with Crippen molar-refractivity contribution in [3.05, 3.63) is 17.5 Å². The van der Waals surface area contributed by atoms with Gasteiger partial charge in [-0.3, -0.25) is 9.89 Å². The van der Waals surface area contributed by atoms with Gasteiger partial charge >= 0.3 is 0 Å². The first-order valence-electron chi connectivity index (χ1n) is 8.56. The van der Waals surface area contributed by atoms with E-state index < -0.39 is 0 Å². The number of hydrogen-bond acceptors (Lipinski definition) is 4. The van der Waals surface area contributed by atoms with Crippen LogP contribution in [0.5, 0.6) is 0 Å². The lowest BCUT2D eigenvalue weighted by Crippen LogP contribution is -2.46. The molecule has 4 atom stereocenters. The SMILES string of the molecule is CC(C)c1cc(C(=O)N2C[C@H]3C[C@@H](N(C)C)[C@H](O)C[C@H]3C2)n[nH]1. The first kappa shape index (κ1) is 16.5. The van der Waals surface area contributed by atoms with E-state index in [1.54, 1.807) is 0 Å². The third-order valence-corrected chi connectivity index (χ3v) is 5.50. The molecule has 2 heterocycles. The summed E-state index contributed by atoms with van der Waals surface area (Å²) in [6.45, 7) is 5.68. The lowest BCUT2D eigenvalue weighted by molar-refractivity contribution is 0.00940. The number of hydrogen-bond donors (Lipinski definition) is 2. The smallest absolute Gasteiger partial charge is 0.274 e. The van der Waals surface area contributed by atoms with Crippen LogP contribution in [0.25, 0.3) is 0 Å². The van der Waals surface area contributed by atoms with Crippen LogP contribution in [0.4, 0.5) is 0 Å². The Morgan fingerprint density at radius 2 is 2.00 bits per heavy atom. The van der Waals surface area contributed by atoms with Crippen LogP contribution in [0.15, 0.2) is 6.07 Å². The average molecular weight is 320 g/mol. The van der Waals surface area contributed by atoms with Crippen molar-refractivity contribution < 1.29 is 9.90 Å². The number of fused-ring (bicyclic) bond motifs is 1. The molecule has 3 rings (SSSR count). The number of aromatic nitrogens is 2. The zero-order valence-electron chi connectivity index (χ0n) is 14.5. The number of likely N-dealkylation sites (N-methyl/N-ethyl adjacent to an activating group) is 1. The van der Waals surface area contributed by atoms with Crippen molar-refractivity contribution in [2.45, 2.75) is 44.8 Å². The van der Waals surface area contributed by atoms with Crippen molar-refractivity contribution in [1.29, 1.82) is 0 Å². The van der Waals surface area contributed by atoms with E-state index >= 15 is 0 Å². The van der Waals surface area contributed by atoms with Crippen LogP contribution in [0.2, 0.25) is 0 Å². The molecule has 0 spiro atoms. The predicted octanol–water partition coefficient (Wildman–Crippen LogP) is 1.31. The number of rotatable bonds is 3. The summed E-state index contributed by atoms with van der Waals surface area (Å²) in [5.74, 6) is 1.24. The second kappa shape index (κ2) is 6.24. The third kappa shape index (κ3) is 3.15. The normalized spacial score (nSPS) is 31.0. The molecule has 0 unspecified atom stereocenters. The van der Waals surface area contributed by atoms with E-state index in [2.05, 4.69) is 28.9 Å². The van der Waals surface area contributed by atoms with Crippen molar-refractivity contribution in [1.82, 2.24) is 20.0 Å². The van der Waals surface area contributed by atoms with Gasteiger partial charge in [0.25, 0.3) is 5.91 Å². The number of carbonyl (C=O) groups is 1. The number of nitrogens with one attached hydrogen (secondary N) is 1. The molecule has 1 aromatic heterocycles. The Kier molecular flexibility index (Phi) is 4.47. The van der Waals surface area contributed by atoms with Gasteiger partial charge in [-0.2, -0.15) is 5.10 Å². The van der Waals surface area contributed by atoms with Crippen LogP contribution in [-0.2, 0) is 0 Å². The third-order valence-electron chi connectivity index (χ3n) is 5.50. The Hall–Kier alpha value is -1.40. The summed E-state index contributed by atoms with van der Waals surface area (Å²) in [7, 11) is 4.03.